The summed E-state index contributed by atoms with van der Waals surface area (Å²) in [6.45, 7) is 3.63. The van der Waals surface area contributed by atoms with E-state index < -0.39 is 7.29 Å². The fraction of sp³-hybridized carbons (Fsp3) is 0.800. The molecule has 4 heteroatoms. The van der Waals surface area contributed by atoms with Crippen LogP contribution in [0.2, 0.25) is 0 Å². The monoisotopic (exact) mass is 146 g/mol. The standard InChI is InChI=1S/C5H11N2OP/c1-3-9(8,4-2)7-5-6/h3-4H2,1-2H3,(H,7,8). The fourth-order valence-electron chi connectivity index (χ4n) is 0.473. The molecule has 0 fully saturated rings. The zero-order valence-electron chi connectivity index (χ0n) is 5.72. The molecule has 0 aliphatic rings. The molecule has 0 aliphatic heterocycles. The van der Waals surface area contributed by atoms with Gasteiger partial charge in [0.1, 0.15) is 0 Å². The molecule has 0 heterocycles. The van der Waals surface area contributed by atoms with Crippen LogP contribution in [0.15, 0.2) is 0 Å². The first-order valence-corrected chi connectivity index (χ1v) is 5.00. The van der Waals surface area contributed by atoms with Crippen molar-refractivity contribution in [3.8, 4) is 6.19 Å². The first kappa shape index (κ1) is 8.52. The van der Waals surface area contributed by atoms with Crippen LogP contribution in [0.3, 0.4) is 0 Å². The largest absolute Gasteiger partial charge is 0.300 e. The van der Waals surface area contributed by atoms with Gasteiger partial charge in [-0.05, 0) is 0 Å². The van der Waals surface area contributed by atoms with Gasteiger partial charge in [0.05, 0.1) is 0 Å². The molecule has 0 atom stereocenters. The SMILES string of the molecule is CCP(=O)(CC)NC#N. The van der Waals surface area contributed by atoms with E-state index in [2.05, 4.69) is 5.09 Å². The Labute approximate surface area is 55.5 Å². The molecule has 0 unspecified atom stereocenters. The van der Waals surface area contributed by atoms with Gasteiger partial charge in [-0.25, -0.2) is 0 Å². The zero-order chi connectivity index (χ0) is 7.33. The van der Waals surface area contributed by atoms with Crippen LogP contribution in [-0.4, -0.2) is 12.3 Å². The Balaban J connectivity index is 3.98. The Morgan fingerprint density at radius 3 is 2.11 bits per heavy atom. The molecule has 0 aromatic rings. The van der Waals surface area contributed by atoms with Gasteiger partial charge in [0.15, 0.2) is 13.5 Å². The lowest BCUT2D eigenvalue weighted by molar-refractivity contribution is 0.572. The number of hydrogen-bond acceptors (Lipinski definition) is 2. The van der Waals surface area contributed by atoms with Crippen molar-refractivity contribution in [3.63, 3.8) is 0 Å². The smallest absolute Gasteiger partial charge is 0.182 e. The van der Waals surface area contributed by atoms with E-state index in [0.29, 0.717) is 12.3 Å². The highest BCUT2D eigenvalue weighted by atomic mass is 31.2. The third kappa shape index (κ3) is 2.53. The number of nitriles is 1. The highest BCUT2D eigenvalue weighted by Gasteiger charge is 2.13. The maximum absolute atomic E-state index is 11.2. The van der Waals surface area contributed by atoms with Crippen molar-refractivity contribution in [1.29, 1.82) is 5.26 Å². The van der Waals surface area contributed by atoms with E-state index in [1.54, 1.807) is 6.19 Å². The number of nitrogens with zero attached hydrogens (tertiary/aromatic N) is 1. The summed E-state index contributed by atoms with van der Waals surface area (Å²) < 4.78 is 11.2. The summed E-state index contributed by atoms with van der Waals surface area (Å²) in [5.41, 5.74) is 0. The van der Waals surface area contributed by atoms with Crippen molar-refractivity contribution in [2.75, 3.05) is 12.3 Å². The number of nitrogens with one attached hydrogen (secondary N) is 1. The van der Waals surface area contributed by atoms with Gasteiger partial charge in [-0.3, -0.25) is 9.65 Å². The molecule has 0 aromatic carbocycles. The Hall–Kier alpha value is -0.480. The lowest BCUT2D eigenvalue weighted by Gasteiger charge is -2.09. The van der Waals surface area contributed by atoms with Crippen LogP contribution < -0.4 is 5.09 Å². The van der Waals surface area contributed by atoms with E-state index in [1.807, 2.05) is 13.8 Å². The lowest BCUT2D eigenvalue weighted by atomic mass is 11.0. The van der Waals surface area contributed by atoms with E-state index in [0.717, 1.165) is 0 Å². The average Bonchev–Trinajstić information content (AvgIpc) is 1.89. The summed E-state index contributed by atoms with van der Waals surface area (Å²) in [5.74, 6) is 0. The van der Waals surface area contributed by atoms with E-state index in [9.17, 15) is 4.57 Å². The predicted octanol–water partition coefficient (Wildman–Crippen LogP) is 1.37. The zero-order valence-corrected chi connectivity index (χ0v) is 6.61. The van der Waals surface area contributed by atoms with E-state index in [4.69, 9.17) is 5.26 Å². The Kier molecular flexibility index (Phi) is 3.34. The predicted molar refractivity (Wildman–Crippen MR) is 37.4 cm³/mol. The third-order valence-electron chi connectivity index (χ3n) is 1.28. The maximum atomic E-state index is 11.2. The first-order chi connectivity index (χ1) is 4.18. The van der Waals surface area contributed by atoms with Crippen molar-refractivity contribution in [1.82, 2.24) is 5.09 Å². The first-order valence-electron chi connectivity index (χ1n) is 2.93. The summed E-state index contributed by atoms with van der Waals surface area (Å²) in [4.78, 5) is 0. The van der Waals surface area contributed by atoms with E-state index >= 15 is 0 Å². The van der Waals surface area contributed by atoms with Crippen LogP contribution in [0.25, 0.3) is 0 Å². The summed E-state index contributed by atoms with van der Waals surface area (Å²) in [7, 11) is -2.29. The van der Waals surface area contributed by atoms with Gasteiger partial charge in [0, 0.05) is 12.3 Å². The minimum atomic E-state index is -2.29. The van der Waals surface area contributed by atoms with Crippen molar-refractivity contribution >= 4 is 7.29 Å². The molecule has 3 nitrogen and oxygen atoms in total. The fourth-order valence-corrected chi connectivity index (χ4v) is 1.42. The van der Waals surface area contributed by atoms with Gasteiger partial charge in [-0.2, -0.15) is 5.26 Å². The molecule has 1 N–H and O–H groups in total. The van der Waals surface area contributed by atoms with Gasteiger partial charge in [-0.15, -0.1) is 0 Å². The summed E-state index contributed by atoms with van der Waals surface area (Å²) >= 11 is 0. The lowest BCUT2D eigenvalue weighted by Crippen LogP contribution is -2.05. The Morgan fingerprint density at radius 2 is 2.00 bits per heavy atom. The van der Waals surface area contributed by atoms with Gasteiger partial charge < -0.3 is 0 Å². The summed E-state index contributed by atoms with van der Waals surface area (Å²) in [5, 5.41) is 10.5. The minimum absolute atomic E-state index is 0.553. The van der Waals surface area contributed by atoms with Gasteiger partial charge in [0.2, 0.25) is 0 Å². The summed E-state index contributed by atoms with van der Waals surface area (Å²) in [6.07, 6.45) is 2.80. The quantitative estimate of drug-likeness (QED) is 0.371. The minimum Gasteiger partial charge on any atom is -0.300 e. The van der Waals surface area contributed by atoms with Crippen molar-refractivity contribution in [3.05, 3.63) is 0 Å². The number of hydrogen-bond donors (Lipinski definition) is 1. The van der Waals surface area contributed by atoms with Crippen LogP contribution in [0.1, 0.15) is 13.8 Å². The van der Waals surface area contributed by atoms with Gasteiger partial charge in [-0.1, -0.05) is 13.8 Å². The molecular formula is C5H11N2OP. The van der Waals surface area contributed by atoms with E-state index in [1.165, 1.54) is 0 Å². The second-order valence-corrected chi connectivity index (χ2v) is 5.01. The molecule has 0 amide bonds. The normalized spacial score (nSPS) is 10.3. The van der Waals surface area contributed by atoms with Crippen LogP contribution in [-0.2, 0) is 4.57 Å². The van der Waals surface area contributed by atoms with Crippen LogP contribution in [0, 0.1) is 11.5 Å². The van der Waals surface area contributed by atoms with Crippen LogP contribution >= 0.6 is 7.29 Å². The van der Waals surface area contributed by atoms with Gasteiger partial charge in [0.25, 0.3) is 0 Å². The van der Waals surface area contributed by atoms with Crippen LogP contribution in [0.4, 0.5) is 0 Å². The molecule has 0 spiro atoms. The highest BCUT2D eigenvalue weighted by molar-refractivity contribution is 7.62. The maximum Gasteiger partial charge on any atom is 0.182 e. The highest BCUT2D eigenvalue weighted by Crippen LogP contribution is 2.38. The molecular weight excluding hydrogens is 135 g/mol. The molecule has 52 valence electrons. The third-order valence-corrected chi connectivity index (χ3v) is 3.83. The molecule has 0 saturated heterocycles. The molecule has 0 aliphatic carbocycles. The van der Waals surface area contributed by atoms with Crippen molar-refractivity contribution in [2.45, 2.75) is 13.8 Å². The van der Waals surface area contributed by atoms with Crippen LogP contribution in [0.5, 0.6) is 0 Å². The summed E-state index contributed by atoms with van der Waals surface area (Å²) in [6, 6.07) is 0. The number of rotatable bonds is 3. The molecule has 0 rings (SSSR count). The van der Waals surface area contributed by atoms with Crippen molar-refractivity contribution < 1.29 is 4.57 Å². The second-order valence-electron chi connectivity index (χ2n) is 1.75. The molecule has 0 aromatic heterocycles. The average molecular weight is 146 g/mol. The topological polar surface area (TPSA) is 52.9 Å². The van der Waals surface area contributed by atoms with E-state index in [-0.39, 0.29) is 0 Å². The molecule has 0 saturated carbocycles. The second kappa shape index (κ2) is 3.53. The van der Waals surface area contributed by atoms with Crippen molar-refractivity contribution in [2.24, 2.45) is 0 Å². The molecule has 0 bridgehead atoms. The van der Waals surface area contributed by atoms with Gasteiger partial charge >= 0.3 is 0 Å². The Bertz CT molecular complexity index is 153. The molecule has 9 heavy (non-hydrogen) atoms. The Morgan fingerprint density at radius 1 is 1.56 bits per heavy atom. The molecule has 0 radical (unpaired) electrons.